The molecule has 1 N–H and O–H groups in total. The summed E-state index contributed by atoms with van der Waals surface area (Å²) < 4.78 is 6.57. The average Bonchev–Trinajstić information content (AvgIpc) is 3.01. The topological polar surface area (TPSA) is 90.3 Å². The highest BCUT2D eigenvalue weighted by molar-refractivity contribution is 7.20. The van der Waals surface area contributed by atoms with Crippen molar-refractivity contribution in [1.82, 2.24) is 9.55 Å². The number of aryl methyl sites for hydroxylation is 4. The van der Waals surface area contributed by atoms with Gasteiger partial charge in [0.25, 0.3) is 5.56 Å². The van der Waals surface area contributed by atoms with E-state index < -0.39 is 12.0 Å². The molecule has 164 valence electrons. The lowest BCUT2D eigenvalue weighted by Gasteiger charge is -2.18. The zero-order valence-corrected chi connectivity index (χ0v) is 19.6. The van der Waals surface area contributed by atoms with Crippen molar-refractivity contribution in [3.63, 3.8) is 0 Å². The van der Waals surface area contributed by atoms with Gasteiger partial charge in [-0.2, -0.15) is 0 Å². The maximum atomic E-state index is 13.2. The van der Waals surface area contributed by atoms with Gasteiger partial charge in [-0.25, -0.2) is 9.78 Å². The van der Waals surface area contributed by atoms with Crippen LogP contribution in [-0.4, -0.2) is 27.5 Å². The van der Waals surface area contributed by atoms with Crippen molar-refractivity contribution in [3.8, 4) is 0 Å². The number of nitrogens with zero attached hydrogens (tertiary/aromatic N) is 2. The summed E-state index contributed by atoms with van der Waals surface area (Å²) in [5, 5.41) is 3.28. The van der Waals surface area contributed by atoms with Gasteiger partial charge < -0.3 is 10.1 Å². The molecule has 3 aromatic rings. The van der Waals surface area contributed by atoms with Crippen molar-refractivity contribution < 1.29 is 14.3 Å². The number of benzene rings is 1. The normalized spacial score (nSPS) is 12.3. The monoisotopic (exact) mass is 441 g/mol. The van der Waals surface area contributed by atoms with Crippen molar-refractivity contribution in [2.75, 3.05) is 5.32 Å². The molecule has 1 amide bonds. The van der Waals surface area contributed by atoms with Gasteiger partial charge in [-0.1, -0.05) is 17.7 Å². The zero-order valence-electron chi connectivity index (χ0n) is 18.8. The number of nitrogens with one attached hydrogen (secondary N) is 1. The largest absolute Gasteiger partial charge is 0.459 e. The summed E-state index contributed by atoms with van der Waals surface area (Å²) in [6, 6.07) is 3.22. The quantitative estimate of drug-likeness (QED) is 0.591. The molecule has 3 rings (SSSR count). The number of rotatable bonds is 5. The molecule has 1 aromatic carbocycles. The molecule has 1 unspecified atom stereocenters. The first-order valence-corrected chi connectivity index (χ1v) is 10.9. The van der Waals surface area contributed by atoms with E-state index in [-0.39, 0.29) is 17.6 Å². The zero-order chi connectivity index (χ0) is 23.0. The number of esters is 1. The molecule has 0 aliphatic rings. The lowest BCUT2D eigenvalue weighted by Crippen LogP contribution is -2.32. The third-order valence-corrected chi connectivity index (χ3v) is 6.31. The van der Waals surface area contributed by atoms with E-state index in [4.69, 9.17) is 4.74 Å². The van der Waals surface area contributed by atoms with E-state index in [1.165, 1.54) is 10.9 Å². The van der Waals surface area contributed by atoms with Crippen LogP contribution < -0.4 is 10.9 Å². The van der Waals surface area contributed by atoms with E-state index in [1.807, 2.05) is 32.9 Å². The first kappa shape index (κ1) is 22.7. The lowest BCUT2D eigenvalue weighted by atomic mass is 10.0. The Bertz CT molecular complexity index is 1220. The molecular weight excluding hydrogens is 414 g/mol. The molecule has 0 saturated carbocycles. The van der Waals surface area contributed by atoms with Crippen LogP contribution in [0.2, 0.25) is 0 Å². The fourth-order valence-corrected chi connectivity index (χ4v) is 4.63. The first-order chi connectivity index (χ1) is 14.5. The van der Waals surface area contributed by atoms with E-state index in [0.717, 1.165) is 33.7 Å². The van der Waals surface area contributed by atoms with Gasteiger partial charge in [-0.3, -0.25) is 14.2 Å². The number of hydrogen-bond donors (Lipinski definition) is 1. The van der Waals surface area contributed by atoms with Crippen molar-refractivity contribution in [2.24, 2.45) is 0 Å². The molecule has 2 heterocycles. The van der Waals surface area contributed by atoms with Crippen LogP contribution in [0.5, 0.6) is 0 Å². The van der Waals surface area contributed by atoms with Gasteiger partial charge in [0.2, 0.25) is 5.91 Å². The van der Waals surface area contributed by atoms with Crippen molar-refractivity contribution in [1.29, 1.82) is 0 Å². The molecule has 0 aliphatic carbocycles. The number of ether oxygens (including phenoxy) is 1. The van der Waals surface area contributed by atoms with Crippen LogP contribution in [-0.2, 0) is 9.53 Å². The van der Waals surface area contributed by atoms with Crippen LogP contribution in [0.15, 0.2) is 23.3 Å². The molecule has 0 saturated heterocycles. The Morgan fingerprint density at radius 1 is 1.10 bits per heavy atom. The Labute approximate surface area is 185 Å². The number of aromatic nitrogens is 2. The second-order valence-corrected chi connectivity index (χ2v) is 9.09. The summed E-state index contributed by atoms with van der Waals surface area (Å²) in [6.07, 6.45) is 1.09. The summed E-state index contributed by atoms with van der Waals surface area (Å²) in [6.45, 7) is 12.8. The van der Waals surface area contributed by atoms with Gasteiger partial charge in [0, 0.05) is 5.69 Å². The SMILES string of the molecule is Cc1cc(C)c(NC(=O)C(C)n2cnc3sc(C(=O)OC(C)C)c(C)c3c2=O)c(C)c1. The standard InChI is InChI=1S/C23H27N3O4S/c1-11(2)30-23(29)19-15(6)17-21(31-19)24-10-26(22(17)28)16(7)20(27)25-18-13(4)8-12(3)9-14(18)5/h8-11,16H,1-7H3,(H,25,27). The van der Waals surface area contributed by atoms with Gasteiger partial charge in [-0.15, -0.1) is 11.3 Å². The number of thiophene rings is 1. The first-order valence-electron chi connectivity index (χ1n) is 10.1. The van der Waals surface area contributed by atoms with Crippen LogP contribution in [0.3, 0.4) is 0 Å². The van der Waals surface area contributed by atoms with Crippen molar-refractivity contribution in [2.45, 2.75) is 60.6 Å². The second-order valence-electron chi connectivity index (χ2n) is 8.09. The van der Waals surface area contributed by atoms with Crippen LogP contribution in [0.1, 0.15) is 58.7 Å². The van der Waals surface area contributed by atoms with E-state index in [1.54, 1.807) is 27.7 Å². The van der Waals surface area contributed by atoms with Crippen molar-refractivity contribution >= 4 is 39.1 Å². The molecule has 0 radical (unpaired) electrons. The van der Waals surface area contributed by atoms with Gasteiger partial charge >= 0.3 is 5.97 Å². The number of fused-ring (bicyclic) bond motifs is 1. The molecular formula is C23H27N3O4S. The summed E-state index contributed by atoms with van der Waals surface area (Å²) in [5.41, 5.74) is 3.95. The fraction of sp³-hybridized carbons (Fsp3) is 0.391. The second kappa shape index (κ2) is 8.63. The maximum absolute atomic E-state index is 13.2. The van der Waals surface area contributed by atoms with E-state index in [0.29, 0.717) is 20.7 Å². The molecule has 7 nitrogen and oxygen atoms in total. The number of amides is 1. The van der Waals surface area contributed by atoms with Gasteiger partial charge in [0.1, 0.15) is 15.7 Å². The Hall–Kier alpha value is -3.00. The minimum atomic E-state index is -0.783. The number of anilines is 1. The van der Waals surface area contributed by atoms with Crippen molar-refractivity contribution in [3.05, 3.63) is 55.9 Å². The maximum Gasteiger partial charge on any atom is 0.348 e. The Morgan fingerprint density at radius 2 is 1.71 bits per heavy atom. The van der Waals surface area contributed by atoms with E-state index in [9.17, 15) is 14.4 Å². The molecule has 0 bridgehead atoms. The number of carbonyl (C=O) groups excluding carboxylic acids is 2. The fourth-order valence-electron chi connectivity index (χ4n) is 3.61. The third kappa shape index (κ3) is 4.39. The van der Waals surface area contributed by atoms with Gasteiger partial charge in [-0.05, 0) is 65.2 Å². The highest BCUT2D eigenvalue weighted by Gasteiger charge is 2.24. The summed E-state index contributed by atoms with van der Waals surface area (Å²) in [4.78, 5) is 43.6. The highest BCUT2D eigenvalue weighted by Crippen LogP contribution is 2.28. The average molecular weight is 442 g/mol. The van der Waals surface area contributed by atoms with Crippen LogP contribution in [0, 0.1) is 27.7 Å². The molecule has 31 heavy (non-hydrogen) atoms. The molecule has 0 fully saturated rings. The predicted molar refractivity (Wildman–Crippen MR) is 123 cm³/mol. The smallest absolute Gasteiger partial charge is 0.348 e. The van der Waals surface area contributed by atoms with Crippen LogP contribution in [0.4, 0.5) is 5.69 Å². The number of hydrogen-bond acceptors (Lipinski definition) is 6. The minimum absolute atomic E-state index is 0.265. The lowest BCUT2D eigenvalue weighted by molar-refractivity contribution is -0.118. The summed E-state index contributed by atoms with van der Waals surface area (Å²) in [5.74, 6) is -0.789. The van der Waals surface area contributed by atoms with Crippen LogP contribution in [0.25, 0.3) is 10.2 Å². The van der Waals surface area contributed by atoms with Crippen LogP contribution >= 0.6 is 11.3 Å². The van der Waals surface area contributed by atoms with Gasteiger partial charge in [0.05, 0.1) is 17.8 Å². The molecule has 0 aliphatic heterocycles. The van der Waals surface area contributed by atoms with Gasteiger partial charge in [0.15, 0.2) is 0 Å². The minimum Gasteiger partial charge on any atom is -0.459 e. The Balaban J connectivity index is 1.96. The molecule has 1 atom stereocenters. The van der Waals surface area contributed by atoms with E-state index >= 15 is 0 Å². The third-order valence-electron chi connectivity index (χ3n) is 5.13. The molecule has 2 aromatic heterocycles. The highest BCUT2D eigenvalue weighted by atomic mass is 32.1. The number of carbonyl (C=O) groups is 2. The summed E-state index contributed by atoms with van der Waals surface area (Å²) >= 11 is 1.13. The van der Waals surface area contributed by atoms with E-state index in [2.05, 4.69) is 10.3 Å². The Morgan fingerprint density at radius 3 is 2.29 bits per heavy atom. The predicted octanol–water partition coefficient (Wildman–Crippen LogP) is 4.46. The molecule has 8 heteroatoms. The Kier molecular flexibility index (Phi) is 6.31. The summed E-state index contributed by atoms with van der Waals surface area (Å²) in [7, 11) is 0. The molecule has 0 spiro atoms.